The van der Waals surface area contributed by atoms with Gasteiger partial charge in [0.15, 0.2) is 0 Å². The Morgan fingerprint density at radius 3 is 2.58 bits per heavy atom. The largest absolute Gasteiger partial charge is 0.465 e. The molecule has 0 radical (unpaired) electrons. The monoisotopic (exact) mass is 374 g/mol. The van der Waals surface area contributed by atoms with Gasteiger partial charge in [-0.05, 0) is 36.4 Å². The van der Waals surface area contributed by atoms with Gasteiger partial charge in [-0.3, -0.25) is 4.79 Å². The molecule has 136 valence electrons. The molecule has 1 fully saturated rings. The Balaban J connectivity index is 1.93. The highest BCUT2D eigenvalue weighted by atomic mass is 35.5. The summed E-state index contributed by atoms with van der Waals surface area (Å²) in [5.74, 6) is -0.763. The average Bonchev–Trinajstić information content (AvgIpc) is 2.68. The molecular weight excluding hydrogens is 356 g/mol. The number of rotatable bonds is 4. The van der Waals surface area contributed by atoms with Gasteiger partial charge in [0, 0.05) is 23.7 Å². The lowest BCUT2D eigenvalue weighted by Crippen LogP contribution is -2.36. The Bertz CT molecular complexity index is 819. The minimum Gasteiger partial charge on any atom is -0.465 e. The van der Waals surface area contributed by atoms with Gasteiger partial charge < -0.3 is 19.7 Å². The molecule has 0 aliphatic carbocycles. The molecule has 26 heavy (non-hydrogen) atoms. The fourth-order valence-electron chi connectivity index (χ4n) is 2.79. The summed E-state index contributed by atoms with van der Waals surface area (Å²) in [6.07, 6.45) is 0. The van der Waals surface area contributed by atoms with E-state index in [1.807, 2.05) is 6.07 Å². The first-order valence-corrected chi connectivity index (χ1v) is 8.58. The predicted molar refractivity (Wildman–Crippen MR) is 100 cm³/mol. The summed E-state index contributed by atoms with van der Waals surface area (Å²) in [4.78, 5) is 26.6. The van der Waals surface area contributed by atoms with Gasteiger partial charge in [-0.25, -0.2) is 4.79 Å². The van der Waals surface area contributed by atoms with E-state index in [1.54, 1.807) is 36.4 Å². The van der Waals surface area contributed by atoms with Crippen LogP contribution in [0.5, 0.6) is 0 Å². The Labute approximate surface area is 156 Å². The maximum atomic E-state index is 12.6. The van der Waals surface area contributed by atoms with Gasteiger partial charge in [0.2, 0.25) is 0 Å². The van der Waals surface area contributed by atoms with Gasteiger partial charge in [0.1, 0.15) is 0 Å². The summed E-state index contributed by atoms with van der Waals surface area (Å²) in [7, 11) is 1.32. The topological polar surface area (TPSA) is 67.9 Å². The Hall–Kier alpha value is -2.57. The van der Waals surface area contributed by atoms with Crippen LogP contribution in [0, 0.1) is 0 Å². The van der Waals surface area contributed by atoms with E-state index in [9.17, 15) is 9.59 Å². The number of anilines is 2. The van der Waals surface area contributed by atoms with Crippen LogP contribution in [0.1, 0.15) is 20.7 Å². The summed E-state index contributed by atoms with van der Waals surface area (Å²) in [5, 5.41) is 3.36. The van der Waals surface area contributed by atoms with Crippen molar-refractivity contribution in [2.24, 2.45) is 0 Å². The molecule has 1 amide bonds. The van der Waals surface area contributed by atoms with E-state index in [2.05, 4.69) is 10.2 Å². The molecule has 0 saturated carbocycles. The van der Waals surface area contributed by atoms with E-state index in [4.69, 9.17) is 21.1 Å². The second-order valence-corrected chi connectivity index (χ2v) is 6.22. The van der Waals surface area contributed by atoms with Crippen molar-refractivity contribution in [3.05, 3.63) is 58.6 Å². The normalized spacial score (nSPS) is 14.0. The van der Waals surface area contributed by atoms with Crippen LogP contribution in [0.4, 0.5) is 11.4 Å². The molecule has 2 aromatic rings. The molecule has 0 aromatic heterocycles. The number of benzene rings is 2. The summed E-state index contributed by atoms with van der Waals surface area (Å²) < 4.78 is 10.2. The van der Waals surface area contributed by atoms with Crippen molar-refractivity contribution in [1.82, 2.24) is 0 Å². The minimum atomic E-state index is -0.461. The third-order valence-electron chi connectivity index (χ3n) is 4.10. The van der Waals surface area contributed by atoms with Gasteiger partial charge in [-0.15, -0.1) is 0 Å². The number of nitrogens with zero attached hydrogens (tertiary/aromatic N) is 1. The zero-order chi connectivity index (χ0) is 18.5. The number of carbonyl (C=O) groups is 2. The van der Waals surface area contributed by atoms with Crippen LogP contribution in [0.25, 0.3) is 0 Å². The lowest BCUT2D eigenvalue weighted by atomic mass is 10.1. The van der Waals surface area contributed by atoms with Crippen LogP contribution in [0.15, 0.2) is 42.5 Å². The third kappa shape index (κ3) is 4.15. The molecule has 2 aromatic carbocycles. The van der Waals surface area contributed by atoms with E-state index in [1.165, 1.54) is 7.11 Å². The molecule has 0 spiro atoms. The van der Waals surface area contributed by atoms with Gasteiger partial charge in [0.25, 0.3) is 5.91 Å². The maximum Gasteiger partial charge on any atom is 0.337 e. The van der Waals surface area contributed by atoms with Crippen molar-refractivity contribution in [1.29, 1.82) is 0 Å². The fourth-order valence-corrected chi connectivity index (χ4v) is 2.98. The number of carbonyl (C=O) groups excluding carboxylic acids is 2. The van der Waals surface area contributed by atoms with Gasteiger partial charge in [0.05, 0.1) is 37.3 Å². The maximum absolute atomic E-state index is 12.6. The minimum absolute atomic E-state index is 0.302. The molecule has 1 saturated heterocycles. The molecule has 3 rings (SSSR count). The van der Waals surface area contributed by atoms with Crippen LogP contribution in [0.3, 0.4) is 0 Å². The number of ether oxygens (including phenoxy) is 2. The lowest BCUT2D eigenvalue weighted by Gasteiger charge is -2.30. The van der Waals surface area contributed by atoms with E-state index < -0.39 is 5.97 Å². The Kier molecular flexibility index (Phi) is 5.75. The average molecular weight is 375 g/mol. The number of hydrogen-bond donors (Lipinski definition) is 1. The molecule has 0 atom stereocenters. The van der Waals surface area contributed by atoms with E-state index in [-0.39, 0.29) is 5.91 Å². The first kappa shape index (κ1) is 18.2. The van der Waals surface area contributed by atoms with Crippen molar-refractivity contribution >= 4 is 34.9 Å². The summed E-state index contributed by atoms with van der Waals surface area (Å²) in [6, 6.07) is 11.8. The van der Waals surface area contributed by atoms with Gasteiger partial charge in [-0.1, -0.05) is 17.7 Å². The molecule has 1 heterocycles. The standard InChI is InChI=1S/C19H19ClN2O4/c1-25-19(24)14-5-6-17(22-7-9-26-10-8-22)16(12-14)21-18(23)13-3-2-4-15(20)11-13/h2-6,11-12H,7-10H2,1H3,(H,21,23). The summed E-state index contributed by atoms with van der Waals surface area (Å²) >= 11 is 5.97. The van der Waals surface area contributed by atoms with Crippen LogP contribution in [-0.2, 0) is 9.47 Å². The molecule has 1 aliphatic heterocycles. The highest BCUT2D eigenvalue weighted by Gasteiger charge is 2.19. The number of amides is 1. The molecule has 6 nitrogen and oxygen atoms in total. The number of hydrogen-bond acceptors (Lipinski definition) is 5. The molecule has 0 bridgehead atoms. The SMILES string of the molecule is COC(=O)c1ccc(N2CCOCC2)c(NC(=O)c2cccc(Cl)c2)c1. The number of esters is 1. The van der Waals surface area contributed by atoms with Crippen LogP contribution in [-0.4, -0.2) is 45.3 Å². The highest BCUT2D eigenvalue weighted by Crippen LogP contribution is 2.29. The van der Waals surface area contributed by atoms with Crippen molar-refractivity contribution in [3.63, 3.8) is 0 Å². The summed E-state index contributed by atoms with van der Waals surface area (Å²) in [6.45, 7) is 2.63. The summed E-state index contributed by atoms with van der Waals surface area (Å²) in [5.41, 5.74) is 2.18. The van der Waals surface area contributed by atoms with E-state index in [0.29, 0.717) is 48.1 Å². The number of methoxy groups -OCH3 is 1. The molecule has 1 N–H and O–H groups in total. The molecule has 1 aliphatic rings. The smallest absolute Gasteiger partial charge is 0.337 e. The fraction of sp³-hybridized carbons (Fsp3) is 0.263. The second-order valence-electron chi connectivity index (χ2n) is 5.79. The van der Waals surface area contributed by atoms with Crippen LogP contribution >= 0.6 is 11.6 Å². The number of morpholine rings is 1. The second kappa shape index (κ2) is 8.21. The first-order valence-electron chi connectivity index (χ1n) is 8.20. The van der Waals surface area contributed by atoms with Crippen molar-refractivity contribution in [2.75, 3.05) is 43.6 Å². The zero-order valence-electron chi connectivity index (χ0n) is 14.3. The first-order chi connectivity index (χ1) is 12.6. The quantitative estimate of drug-likeness (QED) is 0.832. The van der Waals surface area contributed by atoms with Crippen molar-refractivity contribution < 1.29 is 19.1 Å². The van der Waals surface area contributed by atoms with Crippen molar-refractivity contribution in [2.45, 2.75) is 0 Å². The Morgan fingerprint density at radius 1 is 1.12 bits per heavy atom. The lowest BCUT2D eigenvalue weighted by molar-refractivity contribution is 0.0600. The van der Waals surface area contributed by atoms with Gasteiger partial charge in [-0.2, -0.15) is 0 Å². The van der Waals surface area contributed by atoms with E-state index >= 15 is 0 Å². The van der Waals surface area contributed by atoms with Crippen molar-refractivity contribution in [3.8, 4) is 0 Å². The highest BCUT2D eigenvalue weighted by molar-refractivity contribution is 6.31. The third-order valence-corrected chi connectivity index (χ3v) is 4.34. The molecule has 7 heteroatoms. The predicted octanol–water partition coefficient (Wildman–Crippen LogP) is 3.22. The number of halogens is 1. The van der Waals surface area contributed by atoms with Gasteiger partial charge >= 0.3 is 5.97 Å². The number of nitrogens with one attached hydrogen (secondary N) is 1. The Morgan fingerprint density at radius 2 is 1.88 bits per heavy atom. The molecular formula is C19H19ClN2O4. The van der Waals surface area contributed by atoms with Crippen LogP contribution in [0.2, 0.25) is 5.02 Å². The van der Waals surface area contributed by atoms with Crippen LogP contribution < -0.4 is 10.2 Å². The zero-order valence-corrected chi connectivity index (χ0v) is 15.1. The van der Waals surface area contributed by atoms with E-state index in [0.717, 1.165) is 5.69 Å². The molecule has 0 unspecified atom stereocenters.